The van der Waals surface area contributed by atoms with E-state index in [0.717, 1.165) is 56.0 Å². The number of hydrogen-bond donors (Lipinski definition) is 2. The number of rotatable bonds is 7. The van der Waals surface area contributed by atoms with Crippen LogP contribution < -0.4 is 10.6 Å². The Kier molecular flexibility index (Phi) is 8.38. The molecule has 0 saturated carbocycles. The lowest BCUT2D eigenvalue weighted by Gasteiger charge is -2.23. The number of nitrogens with zero attached hydrogens (tertiary/aromatic N) is 1. The fourth-order valence-electron chi connectivity index (χ4n) is 4.07. The van der Waals surface area contributed by atoms with Gasteiger partial charge in [-0.25, -0.2) is 0 Å². The first-order valence-electron chi connectivity index (χ1n) is 11.2. The molecule has 2 saturated heterocycles. The van der Waals surface area contributed by atoms with Crippen LogP contribution in [0.4, 0.5) is 5.69 Å². The Morgan fingerprint density at radius 1 is 1.09 bits per heavy atom. The highest BCUT2D eigenvalue weighted by molar-refractivity contribution is 6.36. The lowest BCUT2D eigenvalue weighted by Crippen LogP contribution is -2.30. The Morgan fingerprint density at radius 3 is 2.75 bits per heavy atom. The summed E-state index contributed by atoms with van der Waals surface area (Å²) in [6, 6.07) is 7.73. The normalized spacial score (nSPS) is 20.0. The van der Waals surface area contributed by atoms with E-state index in [4.69, 9.17) is 32.7 Å². The third-order valence-corrected chi connectivity index (χ3v) is 6.68. The second kappa shape index (κ2) is 11.4. The average Bonchev–Trinajstić information content (AvgIpc) is 3.10. The molecule has 2 aromatic rings. The molecule has 0 radical (unpaired) electrons. The minimum absolute atomic E-state index is 0.109. The number of ether oxygens (including phenoxy) is 2. The number of benzene rings is 1. The number of ketones is 1. The molecule has 2 N–H and O–H groups in total. The number of nitrogens with one attached hydrogen (secondary N) is 2. The SMILES string of the molecule is O=C(Cc1cc(-c2cc(NCC3CCOCC3)ccc2Cl)c(Cl)cn1)[C@H]1CNCCOC1. The number of Topliss-reactive ketones (excluding diaryl/α,β-unsaturated/α-hetero) is 1. The molecule has 6 nitrogen and oxygen atoms in total. The van der Waals surface area contributed by atoms with E-state index >= 15 is 0 Å². The molecule has 172 valence electrons. The molecule has 0 amide bonds. The Hall–Kier alpha value is -1.70. The fraction of sp³-hybridized carbons (Fsp3) is 0.500. The van der Waals surface area contributed by atoms with Crippen molar-refractivity contribution in [1.82, 2.24) is 10.3 Å². The smallest absolute Gasteiger partial charge is 0.145 e. The maximum absolute atomic E-state index is 12.8. The van der Waals surface area contributed by atoms with Crippen LogP contribution >= 0.6 is 23.2 Å². The van der Waals surface area contributed by atoms with Crippen LogP contribution in [0.3, 0.4) is 0 Å². The van der Waals surface area contributed by atoms with Gasteiger partial charge in [0.05, 0.1) is 24.2 Å². The molecule has 3 heterocycles. The summed E-state index contributed by atoms with van der Waals surface area (Å²) >= 11 is 13.0. The molecule has 0 aliphatic carbocycles. The number of pyridine rings is 1. The molecule has 1 aromatic carbocycles. The van der Waals surface area contributed by atoms with Crippen LogP contribution in [-0.2, 0) is 20.7 Å². The molecule has 1 aromatic heterocycles. The van der Waals surface area contributed by atoms with E-state index < -0.39 is 0 Å². The predicted molar refractivity (Wildman–Crippen MR) is 128 cm³/mol. The first kappa shape index (κ1) is 23.5. The summed E-state index contributed by atoms with van der Waals surface area (Å²) in [6.07, 6.45) is 3.98. The van der Waals surface area contributed by atoms with Crippen LogP contribution in [-0.4, -0.2) is 56.8 Å². The second-order valence-corrected chi connectivity index (χ2v) is 9.22. The van der Waals surface area contributed by atoms with E-state index in [1.54, 1.807) is 6.20 Å². The summed E-state index contributed by atoms with van der Waals surface area (Å²) in [7, 11) is 0. The van der Waals surface area contributed by atoms with Crippen molar-refractivity contribution >= 4 is 34.7 Å². The summed E-state index contributed by atoms with van der Waals surface area (Å²) in [6.45, 7) is 5.02. The predicted octanol–water partition coefficient (Wildman–Crippen LogP) is 4.24. The Morgan fingerprint density at radius 2 is 1.91 bits per heavy atom. The number of aromatic nitrogens is 1. The van der Waals surface area contributed by atoms with Crippen LogP contribution in [0, 0.1) is 11.8 Å². The highest BCUT2D eigenvalue weighted by atomic mass is 35.5. The van der Waals surface area contributed by atoms with Gasteiger partial charge in [-0.2, -0.15) is 0 Å². The molecule has 1 atom stereocenters. The zero-order valence-corrected chi connectivity index (χ0v) is 19.6. The molecule has 8 heteroatoms. The van der Waals surface area contributed by atoms with E-state index in [0.29, 0.717) is 41.4 Å². The Balaban J connectivity index is 1.49. The summed E-state index contributed by atoms with van der Waals surface area (Å²) in [5, 5.41) is 7.87. The van der Waals surface area contributed by atoms with Gasteiger partial charge < -0.3 is 20.1 Å². The fourth-order valence-corrected chi connectivity index (χ4v) is 4.50. The van der Waals surface area contributed by atoms with Crippen LogP contribution in [0.1, 0.15) is 18.5 Å². The van der Waals surface area contributed by atoms with E-state index in [2.05, 4.69) is 15.6 Å². The zero-order chi connectivity index (χ0) is 22.3. The van der Waals surface area contributed by atoms with Crippen molar-refractivity contribution in [3.63, 3.8) is 0 Å². The van der Waals surface area contributed by atoms with Crippen LogP contribution in [0.5, 0.6) is 0 Å². The molecular formula is C24H29Cl2N3O3. The van der Waals surface area contributed by atoms with Crippen molar-refractivity contribution in [2.75, 3.05) is 51.4 Å². The third kappa shape index (κ3) is 6.21. The number of hydrogen-bond acceptors (Lipinski definition) is 6. The summed E-state index contributed by atoms with van der Waals surface area (Å²) < 4.78 is 11.0. The van der Waals surface area contributed by atoms with E-state index in [-0.39, 0.29) is 18.1 Å². The van der Waals surface area contributed by atoms with Gasteiger partial charge in [0.15, 0.2) is 0 Å². The van der Waals surface area contributed by atoms with E-state index in [1.807, 2.05) is 24.3 Å². The van der Waals surface area contributed by atoms with Crippen LogP contribution in [0.25, 0.3) is 11.1 Å². The quantitative estimate of drug-likeness (QED) is 0.621. The standard InChI is InChI=1S/C24H29Cl2N3O3/c25-22-2-1-18(28-12-16-3-6-31-7-4-16)9-20(22)21-10-19(29-14-23(21)26)11-24(30)17-13-27-5-8-32-15-17/h1-2,9-10,14,16-17,27-28H,3-8,11-13,15H2/t17-/m0/s1. The highest BCUT2D eigenvalue weighted by Crippen LogP contribution is 2.35. The second-order valence-electron chi connectivity index (χ2n) is 8.41. The van der Waals surface area contributed by atoms with Crippen molar-refractivity contribution in [2.45, 2.75) is 19.3 Å². The van der Waals surface area contributed by atoms with Crippen molar-refractivity contribution in [3.05, 3.63) is 46.2 Å². The van der Waals surface area contributed by atoms with Gasteiger partial charge in [0.2, 0.25) is 0 Å². The molecule has 0 spiro atoms. The molecule has 2 aliphatic rings. The average molecular weight is 478 g/mol. The minimum Gasteiger partial charge on any atom is -0.385 e. The first-order chi connectivity index (χ1) is 15.6. The molecule has 2 aliphatic heterocycles. The van der Waals surface area contributed by atoms with Crippen LogP contribution in [0.2, 0.25) is 10.0 Å². The summed E-state index contributed by atoms with van der Waals surface area (Å²) in [4.78, 5) is 17.2. The van der Waals surface area contributed by atoms with Gasteiger partial charge in [-0.1, -0.05) is 23.2 Å². The molecule has 0 bridgehead atoms. The maximum Gasteiger partial charge on any atom is 0.145 e. The zero-order valence-electron chi connectivity index (χ0n) is 18.0. The number of halogens is 2. The third-order valence-electron chi connectivity index (χ3n) is 6.05. The van der Waals surface area contributed by atoms with Gasteiger partial charge in [0.1, 0.15) is 5.78 Å². The lowest BCUT2D eigenvalue weighted by atomic mass is 9.98. The largest absolute Gasteiger partial charge is 0.385 e. The van der Waals surface area contributed by atoms with Gasteiger partial charge in [-0.15, -0.1) is 0 Å². The van der Waals surface area contributed by atoms with Crippen LogP contribution in [0.15, 0.2) is 30.5 Å². The molecule has 0 unspecified atom stereocenters. The number of carbonyl (C=O) groups excluding carboxylic acids is 1. The molecular weight excluding hydrogens is 449 g/mol. The first-order valence-corrected chi connectivity index (χ1v) is 11.9. The topological polar surface area (TPSA) is 72.5 Å². The number of anilines is 1. The van der Waals surface area contributed by atoms with Crippen molar-refractivity contribution in [1.29, 1.82) is 0 Å². The maximum atomic E-state index is 12.8. The monoisotopic (exact) mass is 477 g/mol. The van der Waals surface area contributed by atoms with Crippen molar-refractivity contribution in [3.8, 4) is 11.1 Å². The highest BCUT2D eigenvalue weighted by Gasteiger charge is 2.22. The Bertz CT molecular complexity index is 927. The molecule has 2 fully saturated rings. The van der Waals surface area contributed by atoms with Crippen molar-refractivity contribution < 1.29 is 14.3 Å². The van der Waals surface area contributed by atoms with Gasteiger partial charge in [0.25, 0.3) is 0 Å². The van der Waals surface area contributed by atoms with Crippen molar-refractivity contribution in [2.24, 2.45) is 11.8 Å². The minimum atomic E-state index is -0.167. The van der Waals surface area contributed by atoms with Gasteiger partial charge in [-0.3, -0.25) is 9.78 Å². The van der Waals surface area contributed by atoms with Gasteiger partial charge >= 0.3 is 0 Å². The van der Waals surface area contributed by atoms with E-state index in [1.165, 1.54) is 0 Å². The summed E-state index contributed by atoms with van der Waals surface area (Å²) in [5.41, 5.74) is 3.27. The Labute approximate surface area is 199 Å². The van der Waals surface area contributed by atoms with Gasteiger partial charge in [0, 0.05) is 73.0 Å². The summed E-state index contributed by atoms with van der Waals surface area (Å²) in [5.74, 6) is 0.547. The van der Waals surface area contributed by atoms with Gasteiger partial charge in [-0.05, 0) is 43.0 Å². The van der Waals surface area contributed by atoms with E-state index in [9.17, 15) is 4.79 Å². The molecule has 32 heavy (non-hydrogen) atoms. The number of carbonyl (C=O) groups is 1. The lowest BCUT2D eigenvalue weighted by molar-refractivity contribution is -0.123. The molecule has 4 rings (SSSR count).